The van der Waals surface area contributed by atoms with E-state index in [1.807, 2.05) is 31.2 Å². The minimum Gasteiger partial charge on any atom is -0.493 e. The molecule has 0 radical (unpaired) electrons. The number of nitrogens with one attached hydrogen (secondary N) is 1. The molecule has 0 unspecified atom stereocenters. The summed E-state index contributed by atoms with van der Waals surface area (Å²) in [4.78, 5) is 12.2. The molecule has 1 aliphatic rings. The van der Waals surface area contributed by atoms with Gasteiger partial charge in [-0.05, 0) is 42.3 Å². The third kappa shape index (κ3) is 4.69. The van der Waals surface area contributed by atoms with Gasteiger partial charge in [0.25, 0.3) is 5.91 Å². The van der Waals surface area contributed by atoms with Crippen LogP contribution in [0.3, 0.4) is 0 Å². The Bertz CT molecular complexity index is 822. The van der Waals surface area contributed by atoms with Crippen LogP contribution in [0.5, 0.6) is 23.0 Å². The Balaban J connectivity index is 1.58. The number of carbonyl (C=O) groups is 1. The number of para-hydroxylation sites is 2. The molecule has 1 amide bonds. The van der Waals surface area contributed by atoms with Gasteiger partial charge in [-0.1, -0.05) is 19.1 Å². The standard InChI is InChI=1S/C20H22N2O5/c1-3-10-25-16-9-8-14(11-18(16)24-2)12-21-22-20(23)19-13-26-15-6-4-5-7-17(15)27-19/h4-9,11-12,19H,3,10,13H2,1-2H3,(H,22,23)/b21-12-/t19-/m0/s1. The van der Waals surface area contributed by atoms with Crippen LogP contribution in [0.15, 0.2) is 47.6 Å². The number of hydrogen-bond acceptors (Lipinski definition) is 6. The minimum absolute atomic E-state index is 0.135. The van der Waals surface area contributed by atoms with Crippen molar-refractivity contribution in [2.45, 2.75) is 19.4 Å². The van der Waals surface area contributed by atoms with Crippen LogP contribution in [0.4, 0.5) is 0 Å². The number of hydrogen-bond donors (Lipinski definition) is 1. The molecule has 0 saturated carbocycles. The Labute approximate surface area is 157 Å². The third-order valence-corrected chi connectivity index (χ3v) is 3.84. The smallest absolute Gasteiger partial charge is 0.284 e. The first-order chi connectivity index (χ1) is 13.2. The summed E-state index contributed by atoms with van der Waals surface area (Å²) in [6.45, 7) is 2.79. The lowest BCUT2D eigenvalue weighted by Gasteiger charge is -2.24. The van der Waals surface area contributed by atoms with Gasteiger partial charge in [-0.15, -0.1) is 0 Å². The molecular formula is C20H22N2O5. The van der Waals surface area contributed by atoms with E-state index < -0.39 is 6.10 Å². The monoisotopic (exact) mass is 370 g/mol. The number of nitrogens with zero attached hydrogens (tertiary/aromatic N) is 1. The van der Waals surface area contributed by atoms with E-state index in [2.05, 4.69) is 10.5 Å². The molecule has 3 rings (SSSR count). The van der Waals surface area contributed by atoms with E-state index in [0.29, 0.717) is 29.6 Å². The van der Waals surface area contributed by atoms with Gasteiger partial charge in [0.2, 0.25) is 6.10 Å². The largest absolute Gasteiger partial charge is 0.493 e. The van der Waals surface area contributed by atoms with Gasteiger partial charge in [0.1, 0.15) is 6.61 Å². The second-order valence-corrected chi connectivity index (χ2v) is 5.86. The number of amides is 1. The summed E-state index contributed by atoms with van der Waals surface area (Å²) in [5, 5.41) is 3.98. The van der Waals surface area contributed by atoms with Crippen molar-refractivity contribution in [3.8, 4) is 23.0 Å². The van der Waals surface area contributed by atoms with E-state index in [1.165, 1.54) is 6.21 Å². The van der Waals surface area contributed by atoms with Crippen molar-refractivity contribution in [2.24, 2.45) is 5.10 Å². The van der Waals surface area contributed by atoms with Gasteiger partial charge in [-0.3, -0.25) is 4.79 Å². The van der Waals surface area contributed by atoms with Crippen LogP contribution < -0.4 is 24.4 Å². The Morgan fingerprint density at radius 3 is 2.85 bits per heavy atom. The molecule has 27 heavy (non-hydrogen) atoms. The molecule has 7 nitrogen and oxygen atoms in total. The highest BCUT2D eigenvalue weighted by Crippen LogP contribution is 2.31. The normalized spacial score (nSPS) is 15.4. The molecule has 1 aliphatic heterocycles. The van der Waals surface area contributed by atoms with Gasteiger partial charge in [-0.25, -0.2) is 5.43 Å². The fourth-order valence-corrected chi connectivity index (χ4v) is 2.49. The number of hydrazone groups is 1. The van der Waals surface area contributed by atoms with Gasteiger partial charge >= 0.3 is 0 Å². The molecule has 7 heteroatoms. The molecule has 0 aromatic heterocycles. The molecular weight excluding hydrogens is 348 g/mol. The van der Waals surface area contributed by atoms with Crippen molar-refractivity contribution in [1.29, 1.82) is 0 Å². The van der Waals surface area contributed by atoms with E-state index in [9.17, 15) is 4.79 Å². The molecule has 1 N–H and O–H groups in total. The molecule has 2 aromatic rings. The zero-order chi connectivity index (χ0) is 19.1. The summed E-state index contributed by atoms with van der Waals surface area (Å²) >= 11 is 0. The molecule has 0 aliphatic carbocycles. The molecule has 2 aromatic carbocycles. The van der Waals surface area contributed by atoms with Crippen LogP contribution in [0.1, 0.15) is 18.9 Å². The van der Waals surface area contributed by atoms with Crippen molar-refractivity contribution in [2.75, 3.05) is 20.3 Å². The minimum atomic E-state index is -0.753. The Morgan fingerprint density at radius 1 is 1.26 bits per heavy atom. The molecule has 0 bridgehead atoms. The van der Waals surface area contributed by atoms with Crippen LogP contribution in [-0.4, -0.2) is 38.5 Å². The van der Waals surface area contributed by atoms with E-state index >= 15 is 0 Å². The lowest BCUT2D eigenvalue weighted by atomic mass is 10.2. The first-order valence-corrected chi connectivity index (χ1v) is 8.73. The van der Waals surface area contributed by atoms with Crippen molar-refractivity contribution in [3.05, 3.63) is 48.0 Å². The highest BCUT2D eigenvalue weighted by Gasteiger charge is 2.26. The predicted octanol–water partition coefficient (Wildman–Crippen LogP) is 2.77. The van der Waals surface area contributed by atoms with Crippen molar-refractivity contribution < 1.29 is 23.7 Å². The Kier molecular flexibility index (Phi) is 6.14. The average Bonchev–Trinajstić information content (AvgIpc) is 2.72. The summed E-state index contributed by atoms with van der Waals surface area (Å²) in [5.74, 6) is 2.07. The summed E-state index contributed by atoms with van der Waals surface area (Å²) in [7, 11) is 1.58. The molecule has 0 saturated heterocycles. The van der Waals surface area contributed by atoms with E-state index in [4.69, 9.17) is 18.9 Å². The number of carbonyl (C=O) groups excluding carboxylic acids is 1. The molecule has 142 valence electrons. The first kappa shape index (κ1) is 18.6. The van der Waals surface area contributed by atoms with Gasteiger partial charge in [0.15, 0.2) is 23.0 Å². The van der Waals surface area contributed by atoms with E-state index in [-0.39, 0.29) is 12.5 Å². The van der Waals surface area contributed by atoms with Crippen LogP contribution in [0.2, 0.25) is 0 Å². The van der Waals surface area contributed by atoms with Gasteiger partial charge < -0.3 is 18.9 Å². The number of rotatable bonds is 7. The molecule has 0 fully saturated rings. The second kappa shape index (κ2) is 8.93. The SMILES string of the molecule is CCCOc1ccc(/C=N\NC(=O)[C@@H]2COc3ccccc3O2)cc1OC. The maximum absolute atomic E-state index is 12.2. The highest BCUT2D eigenvalue weighted by molar-refractivity contribution is 5.85. The fourth-order valence-electron chi connectivity index (χ4n) is 2.49. The van der Waals surface area contributed by atoms with Gasteiger partial charge in [-0.2, -0.15) is 5.10 Å². The second-order valence-electron chi connectivity index (χ2n) is 5.86. The van der Waals surface area contributed by atoms with Crippen molar-refractivity contribution in [1.82, 2.24) is 5.43 Å². The zero-order valence-corrected chi connectivity index (χ0v) is 15.3. The zero-order valence-electron chi connectivity index (χ0n) is 15.3. The van der Waals surface area contributed by atoms with E-state index in [1.54, 1.807) is 25.3 Å². The van der Waals surface area contributed by atoms with Crippen LogP contribution >= 0.6 is 0 Å². The van der Waals surface area contributed by atoms with Gasteiger partial charge in [0, 0.05) is 0 Å². The summed E-state index contributed by atoms with van der Waals surface area (Å²) in [6.07, 6.45) is 1.69. The summed E-state index contributed by atoms with van der Waals surface area (Å²) in [5.41, 5.74) is 3.24. The number of benzene rings is 2. The summed E-state index contributed by atoms with van der Waals surface area (Å²) in [6, 6.07) is 12.7. The molecule has 1 atom stereocenters. The van der Waals surface area contributed by atoms with Crippen LogP contribution in [0.25, 0.3) is 0 Å². The fraction of sp³-hybridized carbons (Fsp3) is 0.300. The average molecular weight is 370 g/mol. The quantitative estimate of drug-likeness (QED) is 0.599. The lowest BCUT2D eigenvalue weighted by Crippen LogP contribution is -2.42. The molecule has 1 heterocycles. The maximum Gasteiger partial charge on any atom is 0.284 e. The third-order valence-electron chi connectivity index (χ3n) is 3.84. The van der Waals surface area contributed by atoms with E-state index in [0.717, 1.165) is 12.0 Å². The van der Waals surface area contributed by atoms with Gasteiger partial charge in [0.05, 0.1) is 19.9 Å². The highest BCUT2D eigenvalue weighted by atomic mass is 16.6. The number of ether oxygens (including phenoxy) is 4. The van der Waals surface area contributed by atoms with Crippen molar-refractivity contribution >= 4 is 12.1 Å². The van der Waals surface area contributed by atoms with Crippen LogP contribution in [-0.2, 0) is 4.79 Å². The maximum atomic E-state index is 12.2. The molecule has 0 spiro atoms. The lowest BCUT2D eigenvalue weighted by molar-refractivity contribution is -0.130. The number of fused-ring (bicyclic) bond motifs is 1. The Hall–Kier alpha value is -3.22. The summed E-state index contributed by atoms with van der Waals surface area (Å²) < 4.78 is 22.1. The topological polar surface area (TPSA) is 78.4 Å². The Morgan fingerprint density at radius 2 is 2.07 bits per heavy atom. The predicted molar refractivity (Wildman–Crippen MR) is 101 cm³/mol. The van der Waals surface area contributed by atoms with Crippen molar-refractivity contribution in [3.63, 3.8) is 0 Å². The van der Waals surface area contributed by atoms with Crippen LogP contribution in [0, 0.1) is 0 Å². The number of methoxy groups -OCH3 is 1. The first-order valence-electron chi connectivity index (χ1n) is 8.73.